The van der Waals surface area contributed by atoms with Crippen LogP contribution in [0.15, 0.2) is 60.7 Å². The average Bonchev–Trinajstić information content (AvgIpc) is 3.85. The Labute approximate surface area is 432 Å². The fraction of sp³-hybridized carbons (Fsp3) is 0.521. The van der Waals surface area contributed by atoms with Gasteiger partial charge in [0, 0.05) is 30.9 Å². The predicted molar refractivity (Wildman–Crippen MR) is 275 cm³/mol. The second-order valence-corrected chi connectivity index (χ2v) is 20.2. The molecule has 2 fully saturated rings. The minimum absolute atomic E-state index is 0.00721. The van der Waals surface area contributed by atoms with Gasteiger partial charge in [0.05, 0.1) is 19.0 Å². The quantitative estimate of drug-likeness (QED) is 0.0615. The number of carbonyl (C=O) groups is 11. The van der Waals surface area contributed by atoms with Crippen LogP contribution in [0.25, 0.3) is 0 Å². The van der Waals surface area contributed by atoms with Gasteiger partial charge in [-0.05, 0) is 45.1 Å². The third-order valence-corrected chi connectivity index (χ3v) is 13.9. The fourth-order valence-corrected chi connectivity index (χ4v) is 9.76. The molecule has 4 rings (SSSR count). The molecule has 0 aliphatic carbocycles. The molecule has 73 heavy (non-hydrogen) atoms. The first-order valence-electron chi connectivity index (χ1n) is 24.0. The monoisotopic (exact) mass is 1050 g/mol. The van der Waals surface area contributed by atoms with Crippen LogP contribution in [0.3, 0.4) is 0 Å². The first kappa shape index (κ1) is 60.6. The smallest absolute Gasteiger partial charge is 0.246 e. The minimum atomic E-state index is -1.73. The highest BCUT2D eigenvalue weighted by atomic mass is 33.1. The van der Waals surface area contributed by atoms with Crippen molar-refractivity contribution in [2.45, 2.75) is 133 Å². The maximum atomic E-state index is 14.4. The zero-order valence-electron chi connectivity index (χ0n) is 41.4. The number of benzene rings is 2. The summed E-state index contributed by atoms with van der Waals surface area (Å²) in [5.74, 6) is -9.42. The summed E-state index contributed by atoms with van der Waals surface area (Å²) in [4.78, 5) is 146. The van der Waals surface area contributed by atoms with E-state index in [-0.39, 0.29) is 43.7 Å². The Morgan fingerprint density at radius 2 is 1.33 bits per heavy atom. The molecule has 2 saturated heterocycles. The molecule has 0 radical (unpaired) electrons. The van der Waals surface area contributed by atoms with Crippen LogP contribution >= 0.6 is 21.6 Å². The molecule has 0 saturated carbocycles. The van der Waals surface area contributed by atoms with Crippen molar-refractivity contribution in [1.82, 2.24) is 42.1 Å². The van der Waals surface area contributed by atoms with Crippen molar-refractivity contribution < 1.29 is 52.7 Å². The van der Waals surface area contributed by atoms with Gasteiger partial charge in [0.2, 0.25) is 65.0 Å². The molecule has 0 bridgehead atoms. The van der Waals surface area contributed by atoms with E-state index in [1.807, 2.05) is 25.1 Å². The first-order valence-corrected chi connectivity index (χ1v) is 26.5. The lowest BCUT2D eigenvalue weighted by atomic mass is 10.0. The van der Waals surface area contributed by atoms with Gasteiger partial charge in [-0.1, -0.05) is 114 Å². The van der Waals surface area contributed by atoms with Crippen molar-refractivity contribution in [3.8, 4) is 0 Å². The molecule has 0 spiro atoms. The molecule has 11 amide bonds. The number of nitrogens with two attached hydrogens (primary N) is 4. The summed E-state index contributed by atoms with van der Waals surface area (Å²) in [6, 6.07) is 8.39. The molecule has 8 atom stereocenters. The van der Waals surface area contributed by atoms with E-state index in [1.54, 1.807) is 30.3 Å². The highest BCUT2D eigenvalue weighted by molar-refractivity contribution is 8.76. The molecule has 0 aromatic heterocycles. The van der Waals surface area contributed by atoms with Gasteiger partial charge in [-0.25, -0.2) is 0 Å². The highest BCUT2D eigenvalue weighted by Gasteiger charge is 2.40. The Bertz CT molecular complexity index is 2230. The van der Waals surface area contributed by atoms with Crippen LogP contribution in [0, 0.1) is 6.92 Å². The zero-order chi connectivity index (χ0) is 54.0. The minimum Gasteiger partial charge on any atom is -0.370 e. The number of rotatable bonds is 17. The summed E-state index contributed by atoms with van der Waals surface area (Å²) in [6.07, 6.45) is 1.37. The number of likely N-dealkylation sites (tertiary alicyclic amines) is 1. The van der Waals surface area contributed by atoms with Crippen molar-refractivity contribution in [2.75, 3.05) is 24.6 Å². The standard InChI is InChI=1S/C41H62N12O11S2.C7H8/c1-3-4-6-12-25(36(59)46-19-33(45)56)49-40(63)30-13-9-16-53(30)41(64)29-21-66-65-20-24(42)35(58)50-27(17-23-10-7-5-8-11-23)38(61)47-22(2)34(57)48-26(14-15-31(43)54)37(60)51-28(18-32(44)55)39(62)52-29;1-7-5-3-2-4-6-7/h5,7-8,10-11,22,24-30H,3-4,6,9,12-21,42H2,1-2H3,(H2,43,54)(H2,44,55)(H2,45,56)(H,46,59)(H,47,61)(H,48,57)(H,49,63)(H,50,58)(H,51,60)(H,52,62);2-6H,1H3/t22-,24?,25+,26?,27+,28?,29+,30-;/m1./s1. The summed E-state index contributed by atoms with van der Waals surface area (Å²) in [6.45, 7) is 4.97. The van der Waals surface area contributed by atoms with Gasteiger partial charge < -0.3 is 65.1 Å². The lowest BCUT2D eigenvalue weighted by molar-refractivity contribution is -0.142. The van der Waals surface area contributed by atoms with E-state index in [4.69, 9.17) is 22.9 Å². The van der Waals surface area contributed by atoms with E-state index in [0.717, 1.165) is 34.4 Å². The molecule has 2 heterocycles. The number of hydrogen-bond donors (Lipinski definition) is 11. The normalized spacial score (nSPS) is 22.8. The third kappa shape index (κ3) is 21.9. The molecule has 2 aromatic carbocycles. The third-order valence-electron chi connectivity index (χ3n) is 11.5. The number of hydrogen-bond acceptors (Lipinski definition) is 14. The lowest BCUT2D eigenvalue weighted by Crippen LogP contribution is -2.61. The van der Waals surface area contributed by atoms with Crippen LogP contribution in [0.2, 0.25) is 0 Å². The summed E-state index contributed by atoms with van der Waals surface area (Å²) < 4.78 is 0. The van der Waals surface area contributed by atoms with E-state index in [2.05, 4.69) is 56.3 Å². The second-order valence-electron chi connectivity index (χ2n) is 17.6. The number of amides is 11. The predicted octanol–water partition coefficient (Wildman–Crippen LogP) is -1.81. The summed E-state index contributed by atoms with van der Waals surface area (Å²) in [5.41, 5.74) is 24.3. The molecule has 2 aliphatic heterocycles. The van der Waals surface area contributed by atoms with Crippen molar-refractivity contribution >= 4 is 86.6 Å². The summed E-state index contributed by atoms with van der Waals surface area (Å²) in [5, 5.41) is 17.6. The van der Waals surface area contributed by atoms with Crippen molar-refractivity contribution in [2.24, 2.45) is 22.9 Å². The van der Waals surface area contributed by atoms with E-state index < -0.39 is 133 Å². The molecular weight excluding hydrogens is 985 g/mol. The molecule has 400 valence electrons. The van der Waals surface area contributed by atoms with Gasteiger partial charge >= 0.3 is 0 Å². The maximum absolute atomic E-state index is 14.4. The van der Waals surface area contributed by atoms with E-state index in [1.165, 1.54) is 17.4 Å². The second kappa shape index (κ2) is 31.7. The van der Waals surface area contributed by atoms with Gasteiger partial charge in [0.1, 0.15) is 42.3 Å². The lowest BCUT2D eigenvalue weighted by Gasteiger charge is -2.31. The molecule has 15 N–H and O–H groups in total. The van der Waals surface area contributed by atoms with Gasteiger partial charge in [0.15, 0.2) is 0 Å². The molecule has 2 aliphatic rings. The molecular formula is C48H70N12O11S2. The van der Waals surface area contributed by atoms with Gasteiger partial charge in [-0.15, -0.1) is 0 Å². The van der Waals surface area contributed by atoms with Crippen molar-refractivity contribution in [3.63, 3.8) is 0 Å². The van der Waals surface area contributed by atoms with Crippen molar-refractivity contribution in [1.29, 1.82) is 0 Å². The number of nitrogens with one attached hydrogen (secondary N) is 7. The van der Waals surface area contributed by atoms with Gasteiger partial charge in [-0.2, -0.15) is 0 Å². The SMILES string of the molecule is CCCCC[C@H](NC(=O)[C@H]1CCCN1C(=O)[C@@H]1CSSCC(N)C(=O)N[C@@H](Cc2ccccc2)C(=O)N[C@H](C)C(=O)NC(CCC(N)=O)C(=O)NC(CC(N)=O)C(=O)N1)C(=O)NCC(N)=O.Cc1ccccc1. The van der Waals surface area contributed by atoms with Gasteiger partial charge in [0.25, 0.3) is 0 Å². The van der Waals surface area contributed by atoms with E-state index in [9.17, 15) is 52.7 Å². The Morgan fingerprint density at radius 3 is 1.93 bits per heavy atom. The summed E-state index contributed by atoms with van der Waals surface area (Å²) >= 11 is 0. The molecule has 23 nitrogen and oxygen atoms in total. The average molecular weight is 1060 g/mol. The van der Waals surface area contributed by atoms with Crippen LogP contribution < -0.4 is 60.2 Å². The molecule has 2 aromatic rings. The first-order chi connectivity index (χ1) is 34.7. The largest absolute Gasteiger partial charge is 0.370 e. The van der Waals surface area contributed by atoms with Crippen LogP contribution in [0.5, 0.6) is 0 Å². The van der Waals surface area contributed by atoms with E-state index >= 15 is 0 Å². The number of carbonyl (C=O) groups excluding carboxylic acids is 11. The van der Waals surface area contributed by atoms with Gasteiger partial charge in [-0.3, -0.25) is 52.7 Å². The van der Waals surface area contributed by atoms with Crippen molar-refractivity contribution in [3.05, 3.63) is 71.8 Å². The van der Waals surface area contributed by atoms with Crippen LogP contribution in [-0.4, -0.2) is 143 Å². The van der Waals surface area contributed by atoms with Crippen LogP contribution in [0.4, 0.5) is 0 Å². The maximum Gasteiger partial charge on any atom is 0.246 e. The molecule has 3 unspecified atom stereocenters. The Balaban J connectivity index is 0.00000184. The fourth-order valence-electron chi connectivity index (χ4n) is 7.48. The highest BCUT2D eigenvalue weighted by Crippen LogP contribution is 2.26. The summed E-state index contributed by atoms with van der Waals surface area (Å²) in [7, 11) is 2.09. The van der Waals surface area contributed by atoms with E-state index in [0.29, 0.717) is 18.4 Å². The van der Waals surface area contributed by atoms with Crippen LogP contribution in [-0.2, 0) is 59.2 Å². The number of primary amides is 3. The zero-order valence-corrected chi connectivity index (χ0v) is 43.0. The number of nitrogens with zero attached hydrogens (tertiary/aromatic N) is 1. The Hall–Kier alpha value is -6.73. The number of unbranched alkanes of at least 4 members (excludes halogenated alkanes) is 2. The molecule has 25 heteroatoms. The Kier molecular flexibility index (Phi) is 26.3. The topological polar surface area (TPSA) is 379 Å². The Morgan fingerprint density at radius 1 is 0.726 bits per heavy atom. The number of aryl methyl sites for hydroxylation is 1. The van der Waals surface area contributed by atoms with Crippen LogP contribution in [0.1, 0.15) is 82.8 Å².